The van der Waals surface area contributed by atoms with Crippen molar-refractivity contribution in [2.24, 2.45) is 0 Å². The molecule has 0 atom stereocenters. The average molecular weight is 336 g/mol. The minimum atomic E-state index is -0.468. The number of hydrogen-bond acceptors (Lipinski definition) is 5. The van der Waals surface area contributed by atoms with Gasteiger partial charge in [-0.3, -0.25) is 15.0 Å². The van der Waals surface area contributed by atoms with Gasteiger partial charge in [0, 0.05) is 44.9 Å². The third-order valence-corrected chi connectivity index (χ3v) is 4.68. The molecule has 2 aromatic carbocycles. The van der Waals surface area contributed by atoms with Crippen molar-refractivity contribution in [2.45, 2.75) is 13.5 Å². The number of benzene rings is 2. The fourth-order valence-corrected chi connectivity index (χ4v) is 3.18. The Labute approximate surface area is 147 Å². The lowest BCUT2D eigenvalue weighted by molar-refractivity contribution is -0.384. The van der Waals surface area contributed by atoms with E-state index in [2.05, 4.69) is 47.1 Å². The molecule has 1 aliphatic heterocycles. The second kappa shape index (κ2) is 7.32. The second-order valence-electron chi connectivity index (χ2n) is 6.26. The van der Waals surface area contributed by atoms with E-state index in [1.54, 1.807) is 6.07 Å². The molecule has 2 aromatic rings. The lowest BCUT2D eigenvalue weighted by Gasteiger charge is -2.36. The van der Waals surface area contributed by atoms with Crippen molar-refractivity contribution in [3.8, 4) is 6.07 Å². The van der Waals surface area contributed by atoms with Crippen molar-refractivity contribution in [2.75, 3.05) is 31.1 Å². The van der Waals surface area contributed by atoms with Gasteiger partial charge in [-0.1, -0.05) is 24.3 Å². The van der Waals surface area contributed by atoms with Crippen molar-refractivity contribution in [3.63, 3.8) is 0 Å². The normalized spacial score (nSPS) is 15.0. The van der Waals surface area contributed by atoms with Crippen molar-refractivity contribution < 1.29 is 4.92 Å². The van der Waals surface area contributed by atoms with Crippen LogP contribution in [0.2, 0.25) is 0 Å². The fourth-order valence-electron chi connectivity index (χ4n) is 3.18. The smallest absolute Gasteiger partial charge is 0.270 e. The summed E-state index contributed by atoms with van der Waals surface area (Å²) in [4.78, 5) is 14.9. The number of nitro groups is 1. The number of aryl methyl sites for hydroxylation is 1. The van der Waals surface area contributed by atoms with E-state index < -0.39 is 4.92 Å². The van der Waals surface area contributed by atoms with Crippen LogP contribution in [-0.4, -0.2) is 36.0 Å². The zero-order valence-corrected chi connectivity index (χ0v) is 14.2. The van der Waals surface area contributed by atoms with Crippen LogP contribution in [0, 0.1) is 28.4 Å². The highest BCUT2D eigenvalue weighted by Gasteiger charge is 2.21. The number of piperazine rings is 1. The highest BCUT2D eigenvalue weighted by atomic mass is 16.6. The molecular weight excluding hydrogens is 316 g/mol. The van der Waals surface area contributed by atoms with Gasteiger partial charge < -0.3 is 4.90 Å². The largest absolute Gasteiger partial charge is 0.368 e. The molecule has 6 heteroatoms. The number of anilines is 1. The standard InChI is InChI=1S/C19H20N4O2/c1-15-4-2-3-5-16(15)14-21-8-10-22(11-9-21)19-7-6-18(23(24)25)12-17(19)13-20/h2-7,12H,8-11,14H2,1H3. The summed E-state index contributed by atoms with van der Waals surface area (Å²) in [6.45, 7) is 6.46. The van der Waals surface area contributed by atoms with E-state index in [1.165, 1.54) is 23.3 Å². The maximum atomic E-state index is 10.9. The number of hydrogen-bond donors (Lipinski definition) is 0. The molecule has 128 valence electrons. The van der Waals surface area contributed by atoms with Gasteiger partial charge in [-0.15, -0.1) is 0 Å². The third-order valence-electron chi connectivity index (χ3n) is 4.68. The van der Waals surface area contributed by atoms with Crippen LogP contribution in [0.25, 0.3) is 0 Å². The van der Waals surface area contributed by atoms with Crippen LogP contribution in [0.5, 0.6) is 0 Å². The first-order valence-corrected chi connectivity index (χ1v) is 8.29. The second-order valence-corrected chi connectivity index (χ2v) is 6.26. The van der Waals surface area contributed by atoms with E-state index >= 15 is 0 Å². The van der Waals surface area contributed by atoms with Crippen LogP contribution in [-0.2, 0) is 6.54 Å². The van der Waals surface area contributed by atoms with Gasteiger partial charge in [0.05, 0.1) is 16.2 Å². The van der Waals surface area contributed by atoms with Gasteiger partial charge in [0.15, 0.2) is 0 Å². The highest BCUT2D eigenvalue weighted by molar-refractivity contribution is 5.63. The number of non-ortho nitro benzene ring substituents is 1. The number of nitrogens with zero attached hydrogens (tertiary/aromatic N) is 4. The molecule has 1 aliphatic rings. The average Bonchev–Trinajstić information content (AvgIpc) is 2.63. The van der Waals surface area contributed by atoms with Crippen molar-refractivity contribution in [1.82, 2.24) is 4.90 Å². The molecule has 0 N–H and O–H groups in total. The van der Waals surface area contributed by atoms with E-state index in [4.69, 9.17) is 0 Å². The van der Waals surface area contributed by atoms with Gasteiger partial charge in [-0.2, -0.15) is 5.26 Å². The molecule has 1 saturated heterocycles. The van der Waals surface area contributed by atoms with Gasteiger partial charge in [-0.05, 0) is 24.1 Å². The maximum Gasteiger partial charge on any atom is 0.270 e. The van der Waals surface area contributed by atoms with Gasteiger partial charge in [0.2, 0.25) is 0 Å². The Balaban J connectivity index is 1.67. The molecule has 0 amide bonds. The Morgan fingerprint density at radius 1 is 1.16 bits per heavy atom. The number of nitriles is 1. The third kappa shape index (κ3) is 3.78. The van der Waals surface area contributed by atoms with Crippen LogP contribution in [0.1, 0.15) is 16.7 Å². The molecule has 0 unspecified atom stereocenters. The quantitative estimate of drug-likeness (QED) is 0.633. The zero-order chi connectivity index (χ0) is 17.8. The summed E-state index contributed by atoms with van der Waals surface area (Å²) in [7, 11) is 0. The van der Waals surface area contributed by atoms with Gasteiger partial charge >= 0.3 is 0 Å². The maximum absolute atomic E-state index is 10.9. The summed E-state index contributed by atoms with van der Waals surface area (Å²) in [5.41, 5.74) is 3.74. The van der Waals surface area contributed by atoms with Gasteiger partial charge in [0.1, 0.15) is 6.07 Å². The summed E-state index contributed by atoms with van der Waals surface area (Å²) in [5.74, 6) is 0. The molecule has 1 fully saturated rings. The summed E-state index contributed by atoms with van der Waals surface area (Å²) in [5, 5.41) is 20.2. The topological polar surface area (TPSA) is 73.4 Å². The number of nitro benzene ring substituents is 1. The van der Waals surface area contributed by atoms with Gasteiger partial charge in [0.25, 0.3) is 5.69 Å². The molecule has 0 saturated carbocycles. The molecule has 3 rings (SSSR count). The first-order chi connectivity index (χ1) is 12.1. The summed E-state index contributed by atoms with van der Waals surface area (Å²) in [6, 6.07) is 15.0. The molecule has 0 radical (unpaired) electrons. The van der Waals surface area contributed by atoms with E-state index in [0.29, 0.717) is 5.56 Å². The van der Waals surface area contributed by atoms with E-state index in [1.807, 2.05) is 0 Å². The molecule has 0 spiro atoms. The molecule has 0 aromatic heterocycles. The van der Waals surface area contributed by atoms with Crippen LogP contribution in [0.4, 0.5) is 11.4 Å². The van der Waals surface area contributed by atoms with Crippen LogP contribution >= 0.6 is 0 Å². The Morgan fingerprint density at radius 3 is 2.52 bits per heavy atom. The lowest BCUT2D eigenvalue weighted by atomic mass is 10.1. The Kier molecular flexibility index (Phi) is 4.96. The monoisotopic (exact) mass is 336 g/mol. The lowest BCUT2D eigenvalue weighted by Crippen LogP contribution is -2.46. The summed E-state index contributed by atoms with van der Waals surface area (Å²) in [6.07, 6.45) is 0. The van der Waals surface area contributed by atoms with E-state index in [0.717, 1.165) is 38.4 Å². The highest BCUT2D eigenvalue weighted by Crippen LogP contribution is 2.26. The fraction of sp³-hybridized carbons (Fsp3) is 0.316. The van der Waals surface area contributed by atoms with Crippen molar-refractivity contribution in [3.05, 3.63) is 69.3 Å². The number of rotatable bonds is 4. The van der Waals surface area contributed by atoms with Crippen molar-refractivity contribution in [1.29, 1.82) is 5.26 Å². The Hall–Kier alpha value is -2.91. The Bertz CT molecular complexity index is 820. The van der Waals surface area contributed by atoms with Crippen LogP contribution < -0.4 is 4.90 Å². The van der Waals surface area contributed by atoms with Crippen LogP contribution in [0.15, 0.2) is 42.5 Å². The SMILES string of the molecule is Cc1ccccc1CN1CCN(c2ccc([N+](=O)[O-])cc2C#N)CC1. The molecule has 0 aliphatic carbocycles. The predicted octanol–water partition coefficient (Wildman–Crippen LogP) is 3.10. The first kappa shape index (κ1) is 16.9. The summed E-state index contributed by atoms with van der Waals surface area (Å²) >= 11 is 0. The minimum absolute atomic E-state index is 0.0431. The Morgan fingerprint density at radius 2 is 1.88 bits per heavy atom. The van der Waals surface area contributed by atoms with E-state index in [-0.39, 0.29) is 5.69 Å². The summed E-state index contributed by atoms with van der Waals surface area (Å²) < 4.78 is 0. The first-order valence-electron chi connectivity index (χ1n) is 8.29. The van der Waals surface area contributed by atoms with Gasteiger partial charge in [-0.25, -0.2) is 0 Å². The molecule has 6 nitrogen and oxygen atoms in total. The van der Waals surface area contributed by atoms with Crippen molar-refractivity contribution >= 4 is 11.4 Å². The predicted molar refractivity (Wildman–Crippen MR) is 96.5 cm³/mol. The van der Waals surface area contributed by atoms with E-state index in [9.17, 15) is 15.4 Å². The molecule has 1 heterocycles. The van der Waals surface area contributed by atoms with Crippen LogP contribution in [0.3, 0.4) is 0 Å². The molecule has 25 heavy (non-hydrogen) atoms. The zero-order valence-electron chi connectivity index (χ0n) is 14.2. The molecule has 0 bridgehead atoms. The minimum Gasteiger partial charge on any atom is -0.368 e. The molecular formula is C19H20N4O2.